The molecule has 0 unspecified atom stereocenters. The monoisotopic (exact) mass is 409 g/mol. The van der Waals surface area contributed by atoms with Crippen LogP contribution in [-0.2, 0) is 0 Å². The van der Waals surface area contributed by atoms with E-state index >= 15 is 0 Å². The second kappa shape index (κ2) is 8.50. The van der Waals surface area contributed by atoms with Gasteiger partial charge in [0, 0.05) is 24.8 Å². The number of pyridine rings is 1. The number of imidazole rings is 1. The Bertz CT molecular complexity index is 1040. The Labute approximate surface area is 173 Å². The van der Waals surface area contributed by atoms with Crippen LogP contribution in [0.3, 0.4) is 0 Å². The van der Waals surface area contributed by atoms with Crippen molar-refractivity contribution in [3.63, 3.8) is 0 Å². The van der Waals surface area contributed by atoms with Gasteiger partial charge in [-0.15, -0.1) is 0 Å². The van der Waals surface area contributed by atoms with Gasteiger partial charge >= 0.3 is 0 Å². The van der Waals surface area contributed by atoms with E-state index in [4.69, 9.17) is 11.5 Å². The van der Waals surface area contributed by atoms with Crippen molar-refractivity contribution in [2.45, 2.75) is 12.8 Å². The molecule has 0 saturated carbocycles. The van der Waals surface area contributed by atoms with Gasteiger partial charge in [-0.25, -0.2) is 14.4 Å². The number of hydrogen-bond acceptors (Lipinski definition) is 6. The number of aromatic amines is 1. The van der Waals surface area contributed by atoms with E-state index in [2.05, 4.69) is 20.3 Å². The van der Waals surface area contributed by atoms with Crippen molar-refractivity contribution in [2.24, 2.45) is 11.7 Å². The number of para-hydroxylation sites is 1. The van der Waals surface area contributed by atoms with Crippen LogP contribution in [0.25, 0.3) is 11.3 Å². The van der Waals surface area contributed by atoms with Gasteiger partial charge in [-0.2, -0.15) is 0 Å². The summed E-state index contributed by atoms with van der Waals surface area (Å²) in [6.45, 7) is 2.03. The fourth-order valence-corrected chi connectivity index (χ4v) is 3.71. The number of aromatic nitrogens is 3. The highest BCUT2D eigenvalue weighted by molar-refractivity contribution is 6.04. The largest absolute Gasteiger partial charge is 0.384 e. The van der Waals surface area contributed by atoms with Crippen molar-refractivity contribution in [2.75, 3.05) is 35.6 Å². The van der Waals surface area contributed by atoms with E-state index in [9.17, 15) is 9.18 Å². The molecule has 8 nitrogen and oxygen atoms in total. The van der Waals surface area contributed by atoms with Crippen LogP contribution in [0.4, 0.5) is 21.6 Å². The highest BCUT2D eigenvalue weighted by Crippen LogP contribution is 2.32. The average molecular weight is 409 g/mol. The Morgan fingerprint density at radius 1 is 1.27 bits per heavy atom. The molecule has 0 radical (unpaired) electrons. The minimum Gasteiger partial charge on any atom is -0.384 e. The van der Waals surface area contributed by atoms with Gasteiger partial charge in [-0.1, -0.05) is 6.07 Å². The number of nitrogens with one attached hydrogen (secondary N) is 2. The molecule has 0 bridgehead atoms. The molecule has 3 heterocycles. The molecule has 4 rings (SSSR count). The summed E-state index contributed by atoms with van der Waals surface area (Å²) in [4.78, 5) is 25.8. The summed E-state index contributed by atoms with van der Waals surface area (Å²) in [6, 6.07) is 8.12. The molecule has 1 fully saturated rings. The number of piperidine rings is 1. The molecule has 2 aromatic heterocycles. The van der Waals surface area contributed by atoms with E-state index in [1.807, 2.05) is 4.90 Å². The van der Waals surface area contributed by atoms with Crippen LogP contribution in [-0.4, -0.2) is 40.5 Å². The van der Waals surface area contributed by atoms with Gasteiger partial charge in [0.15, 0.2) is 5.82 Å². The predicted molar refractivity (Wildman–Crippen MR) is 115 cm³/mol. The van der Waals surface area contributed by atoms with E-state index in [1.54, 1.807) is 36.7 Å². The zero-order chi connectivity index (χ0) is 21.1. The third-order valence-electron chi connectivity index (χ3n) is 5.38. The maximum Gasteiger partial charge on any atom is 0.291 e. The number of amides is 1. The Balaban J connectivity index is 1.54. The standard InChI is InChI=1S/C21H24FN7O/c22-15-2-1-3-16(19(15)29-8-5-13(11-23)6-9-29)28-21(30)20-26-12-17(27-20)14-4-7-25-18(24)10-14/h1-4,7,10,12-13H,5-6,8-9,11,23H2,(H2,24,25)(H,26,27)(H,28,30). The summed E-state index contributed by atoms with van der Waals surface area (Å²) in [6.07, 6.45) is 4.93. The van der Waals surface area contributed by atoms with E-state index < -0.39 is 5.91 Å². The quantitative estimate of drug-likeness (QED) is 0.513. The number of H-pyrrole nitrogens is 1. The lowest BCUT2D eigenvalue weighted by molar-refractivity contribution is 0.101. The maximum atomic E-state index is 14.7. The number of halogens is 1. The van der Waals surface area contributed by atoms with Crippen molar-refractivity contribution < 1.29 is 9.18 Å². The zero-order valence-electron chi connectivity index (χ0n) is 16.4. The second-order valence-electron chi connectivity index (χ2n) is 7.37. The first-order chi connectivity index (χ1) is 14.5. The van der Waals surface area contributed by atoms with Crippen molar-refractivity contribution >= 4 is 23.1 Å². The number of nitrogen functional groups attached to an aromatic ring is 1. The number of rotatable bonds is 5. The number of carbonyl (C=O) groups is 1. The summed E-state index contributed by atoms with van der Waals surface area (Å²) >= 11 is 0. The lowest BCUT2D eigenvalue weighted by Crippen LogP contribution is -2.37. The lowest BCUT2D eigenvalue weighted by Gasteiger charge is -2.34. The van der Waals surface area contributed by atoms with Crippen molar-refractivity contribution in [3.05, 3.63) is 54.4 Å². The van der Waals surface area contributed by atoms with Crippen molar-refractivity contribution in [1.29, 1.82) is 0 Å². The topological polar surface area (TPSA) is 126 Å². The highest BCUT2D eigenvalue weighted by Gasteiger charge is 2.24. The van der Waals surface area contributed by atoms with Gasteiger partial charge in [0.25, 0.3) is 5.91 Å². The molecule has 1 saturated heterocycles. The van der Waals surface area contributed by atoms with E-state index in [-0.39, 0.29) is 11.6 Å². The smallest absolute Gasteiger partial charge is 0.291 e. The summed E-state index contributed by atoms with van der Waals surface area (Å²) in [7, 11) is 0. The summed E-state index contributed by atoms with van der Waals surface area (Å²) < 4.78 is 14.7. The number of benzene rings is 1. The first-order valence-corrected chi connectivity index (χ1v) is 9.87. The summed E-state index contributed by atoms with van der Waals surface area (Å²) in [5.74, 6) is 0.126. The Morgan fingerprint density at radius 3 is 2.80 bits per heavy atom. The van der Waals surface area contributed by atoms with Crippen molar-refractivity contribution in [3.8, 4) is 11.3 Å². The van der Waals surface area contributed by atoms with E-state index in [0.29, 0.717) is 48.4 Å². The number of anilines is 3. The molecule has 1 aliphatic heterocycles. The molecule has 30 heavy (non-hydrogen) atoms. The Morgan fingerprint density at radius 2 is 2.07 bits per heavy atom. The molecular formula is C21H24FN7O. The fourth-order valence-electron chi connectivity index (χ4n) is 3.71. The van der Waals surface area contributed by atoms with Crippen LogP contribution in [0.15, 0.2) is 42.7 Å². The van der Waals surface area contributed by atoms with E-state index in [1.165, 1.54) is 6.07 Å². The molecule has 1 aromatic carbocycles. The molecule has 0 aliphatic carbocycles. The molecule has 0 atom stereocenters. The average Bonchev–Trinajstić information content (AvgIpc) is 3.25. The molecule has 1 amide bonds. The van der Waals surface area contributed by atoms with Crippen LogP contribution in [0.5, 0.6) is 0 Å². The summed E-state index contributed by atoms with van der Waals surface area (Å²) in [5.41, 5.74) is 13.7. The predicted octanol–water partition coefficient (Wildman–Crippen LogP) is 2.62. The van der Waals surface area contributed by atoms with Crippen LogP contribution >= 0.6 is 0 Å². The Hall–Kier alpha value is -3.46. The zero-order valence-corrected chi connectivity index (χ0v) is 16.4. The first-order valence-electron chi connectivity index (χ1n) is 9.87. The van der Waals surface area contributed by atoms with Gasteiger partial charge in [0.2, 0.25) is 0 Å². The van der Waals surface area contributed by atoms with Crippen LogP contribution in [0, 0.1) is 11.7 Å². The fraction of sp³-hybridized carbons (Fsp3) is 0.286. The number of nitrogens with two attached hydrogens (primary N) is 2. The first kappa shape index (κ1) is 19.8. The normalized spacial score (nSPS) is 14.7. The number of nitrogens with zero attached hydrogens (tertiary/aromatic N) is 3. The van der Waals surface area contributed by atoms with Crippen LogP contribution in [0.1, 0.15) is 23.5 Å². The van der Waals surface area contributed by atoms with Gasteiger partial charge in [0.1, 0.15) is 11.6 Å². The van der Waals surface area contributed by atoms with Gasteiger partial charge in [-0.05, 0) is 49.6 Å². The lowest BCUT2D eigenvalue weighted by atomic mass is 9.96. The minimum atomic E-state index is -0.452. The molecule has 6 N–H and O–H groups in total. The molecule has 9 heteroatoms. The third kappa shape index (κ3) is 4.11. The number of carbonyl (C=O) groups excluding carboxylic acids is 1. The third-order valence-corrected chi connectivity index (χ3v) is 5.38. The molecule has 156 valence electrons. The molecule has 3 aromatic rings. The van der Waals surface area contributed by atoms with Gasteiger partial charge in [-0.3, -0.25) is 4.79 Å². The highest BCUT2D eigenvalue weighted by atomic mass is 19.1. The minimum absolute atomic E-state index is 0.123. The second-order valence-corrected chi connectivity index (χ2v) is 7.37. The molecule has 0 spiro atoms. The van der Waals surface area contributed by atoms with E-state index in [0.717, 1.165) is 18.4 Å². The summed E-state index contributed by atoms with van der Waals surface area (Å²) in [5, 5.41) is 2.79. The van der Waals surface area contributed by atoms with Crippen LogP contribution in [0.2, 0.25) is 0 Å². The number of hydrogen-bond donors (Lipinski definition) is 4. The molecular weight excluding hydrogens is 385 g/mol. The van der Waals surface area contributed by atoms with Crippen molar-refractivity contribution in [1.82, 2.24) is 15.0 Å². The van der Waals surface area contributed by atoms with Gasteiger partial charge in [0.05, 0.1) is 23.3 Å². The molecule has 1 aliphatic rings. The maximum absolute atomic E-state index is 14.7. The van der Waals surface area contributed by atoms with Crippen LogP contribution < -0.4 is 21.7 Å². The SMILES string of the molecule is NCC1CCN(c2c(F)cccc2NC(=O)c2ncc(-c3ccnc(N)c3)[nH]2)CC1. The Kier molecular flexibility index (Phi) is 5.62. The van der Waals surface area contributed by atoms with Gasteiger partial charge < -0.3 is 26.7 Å².